The summed E-state index contributed by atoms with van der Waals surface area (Å²) in [5.74, 6) is -0.356. The molecule has 3 rings (SSSR count). The number of hydrogen-bond acceptors (Lipinski definition) is 4. The number of carbonyl (C=O) groups is 2. The van der Waals surface area contributed by atoms with Crippen LogP contribution in [0.4, 0.5) is 0 Å². The Bertz CT molecular complexity index is 739. The quantitative estimate of drug-likeness (QED) is 0.816. The summed E-state index contributed by atoms with van der Waals surface area (Å²) in [5.41, 5.74) is 0.562. The van der Waals surface area contributed by atoms with Crippen LogP contribution in [-0.4, -0.2) is 39.2 Å². The maximum Gasteiger partial charge on any atom is 0.251 e. The Labute approximate surface area is 157 Å². The van der Waals surface area contributed by atoms with Gasteiger partial charge in [-0.05, 0) is 37.8 Å². The predicted octanol–water partition coefficient (Wildman–Crippen LogP) is 2.37. The molecule has 0 aliphatic heterocycles. The number of amides is 2. The molecule has 1 heterocycles. The van der Waals surface area contributed by atoms with E-state index in [9.17, 15) is 9.59 Å². The summed E-state index contributed by atoms with van der Waals surface area (Å²) in [6, 6.07) is 9.11. The molecule has 0 atom stereocenters. The van der Waals surface area contributed by atoms with Gasteiger partial charge in [0.2, 0.25) is 5.91 Å². The molecule has 1 fully saturated rings. The molecule has 1 aromatic heterocycles. The monoisotopic (exact) mass is 372 g/mol. The predicted molar refractivity (Wildman–Crippen MR) is 102 cm³/mol. The van der Waals surface area contributed by atoms with Gasteiger partial charge >= 0.3 is 0 Å². The molecule has 0 bridgehead atoms. The van der Waals surface area contributed by atoms with Crippen molar-refractivity contribution in [2.45, 2.75) is 42.1 Å². The summed E-state index contributed by atoms with van der Waals surface area (Å²) in [6.07, 6.45) is 7.80. The van der Waals surface area contributed by atoms with Crippen molar-refractivity contribution in [2.75, 3.05) is 6.54 Å². The average Bonchev–Trinajstić information content (AvgIpc) is 3.07. The van der Waals surface area contributed by atoms with Gasteiger partial charge in [0.05, 0.1) is 6.54 Å². The average molecular weight is 372 g/mol. The number of thioether (sulfide) groups is 1. The number of nitrogens with zero attached hydrogens (tertiary/aromatic N) is 2. The molecule has 6 nitrogen and oxygen atoms in total. The van der Waals surface area contributed by atoms with Crippen LogP contribution < -0.4 is 10.6 Å². The molecule has 1 aliphatic carbocycles. The zero-order chi connectivity index (χ0) is 18.4. The van der Waals surface area contributed by atoms with Crippen molar-refractivity contribution in [3.05, 3.63) is 48.3 Å². The van der Waals surface area contributed by atoms with Gasteiger partial charge in [0.25, 0.3) is 5.91 Å². The van der Waals surface area contributed by atoms with Crippen molar-refractivity contribution in [2.24, 2.45) is 7.05 Å². The van der Waals surface area contributed by atoms with Gasteiger partial charge in [-0.1, -0.05) is 30.0 Å². The van der Waals surface area contributed by atoms with Crippen LogP contribution in [0.2, 0.25) is 0 Å². The van der Waals surface area contributed by atoms with Crippen LogP contribution in [0.3, 0.4) is 0 Å². The van der Waals surface area contributed by atoms with Gasteiger partial charge in [-0.2, -0.15) is 0 Å². The number of imidazole rings is 1. The molecule has 138 valence electrons. The van der Waals surface area contributed by atoms with Gasteiger partial charge in [-0.3, -0.25) is 9.59 Å². The zero-order valence-electron chi connectivity index (χ0n) is 14.9. The maximum atomic E-state index is 12.1. The lowest BCUT2D eigenvalue weighted by Gasteiger charge is -2.28. The SMILES string of the molecule is Cn1ccnc1SC1CCC(NC(=O)CNC(=O)c2ccccc2)CC1. The highest BCUT2D eigenvalue weighted by Gasteiger charge is 2.24. The van der Waals surface area contributed by atoms with Crippen LogP contribution in [0.5, 0.6) is 0 Å². The topological polar surface area (TPSA) is 76.0 Å². The molecule has 2 aromatic rings. The fourth-order valence-corrected chi connectivity index (χ4v) is 4.23. The van der Waals surface area contributed by atoms with E-state index in [1.165, 1.54) is 0 Å². The number of carbonyl (C=O) groups excluding carboxylic acids is 2. The number of aromatic nitrogens is 2. The normalized spacial score (nSPS) is 19.7. The summed E-state index contributed by atoms with van der Waals surface area (Å²) in [6.45, 7) is 0.00960. The molecule has 0 spiro atoms. The first-order valence-corrected chi connectivity index (χ1v) is 9.76. The van der Waals surface area contributed by atoms with Crippen molar-refractivity contribution < 1.29 is 9.59 Å². The lowest BCUT2D eigenvalue weighted by molar-refractivity contribution is -0.121. The molecule has 1 aliphatic rings. The van der Waals surface area contributed by atoms with E-state index in [4.69, 9.17) is 0 Å². The fraction of sp³-hybridized carbons (Fsp3) is 0.421. The van der Waals surface area contributed by atoms with Gasteiger partial charge in [0.15, 0.2) is 5.16 Å². The van der Waals surface area contributed by atoms with Crippen molar-refractivity contribution >= 4 is 23.6 Å². The van der Waals surface area contributed by atoms with Crippen LogP contribution in [0, 0.1) is 0 Å². The lowest BCUT2D eigenvalue weighted by Crippen LogP contribution is -2.43. The van der Waals surface area contributed by atoms with Crippen molar-refractivity contribution in [3.63, 3.8) is 0 Å². The van der Waals surface area contributed by atoms with Crippen LogP contribution >= 0.6 is 11.8 Å². The molecular formula is C19H24N4O2S. The summed E-state index contributed by atoms with van der Waals surface area (Å²) < 4.78 is 2.04. The van der Waals surface area contributed by atoms with Crippen LogP contribution in [0.1, 0.15) is 36.0 Å². The molecule has 2 N–H and O–H groups in total. The van der Waals surface area contributed by atoms with Gasteiger partial charge in [0, 0.05) is 36.3 Å². The lowest BCUT2D eigenvalue weighted by atomic mass is 9.95. The van der Waals surface area contributed by atoms with Gasteiger partial charge < -0.3 is 15.2 Å². The minimum Gasteiger partial charge on any atom is -0.352 e. The number of rotatable bonds is 6. The molecule has 1 saturated carbocycles. The summed E-state index contributed by atoms with van der Waals surface area (Å²) >= 11 is 1.81. The second-order valence-corrected chi connectivity index (χ2v) is 7.80. The molecule has 1 aromatic carbocycles. The van der Waals surface area contributed by atoms with Crippen molar-refractivity contribution in [3.8, 4) is 0 Å². The minimum absolute atomic E-state index is 0.00960. The fourth-order valence-electron chi connectivity index (χ4n) is 3.07. The molecule has 26 heavy (non-hydrogen) atoms. The standard InChI is InChI=1S/C19H24N4O2S/c1-23-12-11-20-19(23)26-16-9-7-15(8-10-16)22-17(24)13-21-18(25)14-5-3-2-4-6-14/h2-6,11-12,15-16H,7-10,13H2,1H3,(H,21,25)(H,22,24). The van der Waals surface area contributed by atoms with Gasteiger partial charge in [-0.25, -0.2) is 4.98 Å². The molecule has 0 unspecified atom stereocenters. The van der Waals surface area contributed by atoms with Crippen LogP contribution in [0.15, 0.2) is 47.9 Å². The Morgan fingerprint density at radius 3 is 2.58 bits per heavy atom. The molecule has 7 heteroatoms. The van der Waals surface area contributed by atoms with E-state index < -0.39 is 0 Å². The first-order chi connectivity index (χ1) is 12.6. The highest BCUT2D eigenvalue weighted by atomic mass is 32.2. The number of hydrogen-bond donors (Lipinski definition) is 2. The summed E-state index contributed by atoms with van der Waals surface area (Å²) in [5, 5.41) is 7.29. The summed E-state index contributed by atoms with van der Waals surface area (Å²) in [7, 11) is 2.00. The molecule has 2 amide bonds. The second-order valence-electron chi connectivity index (χ2n) is 6.53. The van der Waals surface area contributed by atoms with Gasteiger partial charge in [0.1, 0.15) is 0 Å². The van der Waals surface area contributed by atoms with Gasteiger partial charge in [-0.15, -0.1) is 0 Å². The highest BCUT2D eigenvalue weighted by Crippen LogP contribution is 2.32. The third-order valence-electron chi connectivity index (χ3n) is 4.53. The Morgan fingerprint density at radius 2 is 1.92 bits per heavy atom. The van der Waals surface area contributed by atoms with Crippen LogP contribution in [-0.2, 0) is 11.8 Å². The minimum atomic E-state index is -0.226. The Hall–Kier alpha value is -2.28. The first-order valence-electron chi connectivity index (χ1n) is 8.88. The molecule has 0 saturated heterocycles. The summed E-state index contributed by atoms with van der Waals surface area (Å²) in [4.78, 5) is 28.4. The third kappa shape index (κ3) is 5.11. The highest BCUT2D eigenvalue weighted by molar-refractivity contribution is 7.99. The first kappa shape index (κ1) is 18.5. The van der Waals surface area contributed by atoms with E-state index in [2.05, 4.69) is 15.6 Å². The molecule has 0 radical (unpaired) electrons. The number of aryl methyl sites for hydroxylation is 1. The second kappa shape index (κ2) is 8.89. The Balaban J connectivity index is 1.37. The largest absolute Gasteiger partial charge is 0.352 e. The number of nitrogens with one attached hydrogen (secondary N) is 2. The van der Waals surface area contributed by atoms with E-state index in [1.54, 1.807) is 24.3 Å². The third-order valence-corrected chi connectivity index (χ3v) is 5.94. The van der Waals surface area contributed by atoms with Crippen molar-refractivity contribution in [1.82, 2.24) is 20.2 Å². The zero-order valence-corrected chi connectivity index (χ0v) is 15.7. The Kier molecular flexibility index (Phi) is 6.33. The van der Waals surface area contributed by atoms with E-state index in [-0.39, 0.29) is 24.4 Å². The van der Waals surface area contributed by atoms with E-state index in [0.717, 1.165) is 30.8 Å². The smallest absolute Gasteiger partial charge is 0.251 e. The van der Waals surface area contributed by atoms with E-state index >= 15 is 0 Å². The van der Waals surface area contributed by atoms with E-state index in [1.807, 2.05) is 41.8 Å². The number of benzene rings is 1. The molecular weight excluding hydrogens is 348 g/mol. The Morgan fingerprint density at radius 1 is 1.19 bits per heavy atom. The van der Waals surface area contributed by atoms with Crippen molar-refractivity contribution in [1.29, 1.82) is 0 Å². The van der Waals surface area contributed by atoms with E-state index in [0.29, 0.717) is 10.8 Å². The van der Waals surface area contributed by atoms with Crippen LogP contribution in [0.25, 0.3) is 0 Å². The maximum absolute atomic E-state index is 12.1.